The van der Waals surface area contributed by atoms with Gasteiger partial charge >= 0.3 is 5.97 Å². The second-order valence-electron chi connectivity index (χ2n) is 10.0. The highest BCUT2D eigenvalue weighted by Crippen LogP contribution is 2.11. The molecule has 5 atom stereocenters. The molecule has 0 saturated heterocycles. The average molecular weight is 591 g/mol. The van der Waals surface area contributed by atoms with Gasteiger partial charge in [-0.05, 0) is 37.2 Å². The topological polar surface area (TPSA) is 279 Å². The number of benzene rings is 1. The zero-order chi connectivity index (χ0) is 31.7. The number of carbonyl (C=O) groups is 4. The molecule has 1 aromatic rings. The van der Waals surface area contributed by atoms with Crippen molar-refractivity contribution in [2.45, 2.75) is 76.5 Å². The summed E-state index contributed by atoms with van der Waals surface area (Å²) in [6.07, 6.45) is 1.75. The van der Waals surface area contributed by atoms with E-state index in [1.807, 2.05) is 13.0 Å². The molecule has 0 aliphatic heterocycles. The number of hydrogen-bond donors (Lipinski definition) is 9. The molecular weight excluding hydrogens is 544 g/mol. The van der Waals surface area contributed by atoms with Gasteiger partial charge in [0.2, 0.25) is 17.7 Å². The van der Waals surface area contributed by atoms with Gasteiger partial charge in [0, 0.05) is 19.5 Å². The third-order valence-electron chi connectivity index (χ3n) is 6.57. The highest BCUT2D eigenvalue weighted by Gasteiger charge is 2.32. The molecule has 15 heteroatoms. The Morgan fingerprint density at radius 3 is 1.88 bits per heavy atom. The molecule has 15 nitrogen and oxygen atoms in total. The van der Waals surface area contributed by atoms with Crippen LogP contribution in [0.1, 0.15) is 51.5 Å². The number of aliphatic carboxylic acids is 1. The fourth-order valence-electron chi connectivity index (χ4n) is 3.97. The highest BCUT2D eigenvalue weighted by molar-refractivity contribution is 5.94. The Labute approximate surface area is 246 Å². The van der Waals surface area contributed by atoms with E-state index in [1.54, 1.807) is 31.2 Å². The number of nitrogens with two attached hydrogens (primary N) is 5. The van der Waals surface area contributed by atoms with Crippen molar-refractivity contribution < 1.29 is 24.3 Å². The van der Waals surface area contributed by atoms with Crippen molar-refractivity contribution in [1.82, 2.24) is 16.0 Å². The molecule has 0 aliphatic carbocycles. The molecule has 3 amide bonds. The van der Waals surface area contributed by atoms with Crippen LogP contribution in [0, 0.1) is 5.92 Å². The largest absolute Gasteiger partial charge is 0.480 e. The van der Waals surface area contributed by atoms with Crippen LogP contribution in [0.2, 0.25) is 0 Å². The van der Waals surface area contributed by atoms with Crippen molar-refractivity contribution in [2.75, 3.05) is 13.1 Å². The van der Waals surface area contributed by atoms with E-state index in [1.165, 1.54) is 0 Å². The molecule has 1 aromatic carbocycles. The van der Waals surface area contributed by atoms with E-state index in [-0.39, 0.29) is 43.6 Å². The van der Waals surface area contributed by atoms with Gasteiger partial charge < -0.3 is 49.7 Å². The Balaban J connectivity index is 3.06. The molecule has 0 spiro atoms. The zero-order valence-corrected chi connectivity index (χ0v) is 24.3. The second-order valence-corrected chi connectivity index (χ2v) is 10.0. The number of amides is 3. The van der Waals surface area contributed by atoms with Crippen molar-refractivity contribution in [3.05, 3.63) is 35.9 Å². The quantitative estimate of drug-likeness (QED) is 0.0497. The number of carboxylic acid groups (broad SMARTS) is 1. The van der Waals surface area contributed by atoms with Crippen LogP contribution < -0.4 is 44.6 Å². The molecule has 0 fully saturated rings. The summed E-state index contributed by atoms with van der Waals surface area (Å²) >= 11 is 0. The predicted octanol–water partition coefficient (Wildman–Crippen LogP) is -1.75. The Bertz CT molecular complexity index is 1070. The number of nitrogens with one attached hydrogen (secondary N) is 3. The van der Waals surface area contributed by atoms with Gasteiger partial charge in [-0.1, -0.05) is 50.6 Å². The molecule has 1 rings (SSSR count). The first kappa shape index (κ1) is 35.6. The molecule has 14 N–H and O–H groups in total. The third kappa shape index (κ3) is 13.8. The summed E-state index contributed by atoms with van der Waals surface area (Å²) in [6, 6.07) is 4.68. The molecule has 0 heterocycles. The minimum atomic E-state index is -1.24. The molecule has 0 bridgehead atoms. The van der Waals surface area contributed by atoms with E-state index in [2.05, 4.69) is 25.9 Å². The summed E-state index contributed by atoms with van der Waals surface area (Å²) in [5.41, 5.74) is 28.0. The van der Waals surface area contributed by atoms with Gasteiger partial charge in [0.25, 0.3) is 0 Å². The summed E-state index contributed by atoms with van der Waals surface area (Å²) in [4.78, 5) is 59.2. The molecular formula is C27H46N10O5. The number of nitrogens with zero attached hydrogens (tertiary/aromatic N) is 2. The van der Waals surface area contributed by atoms with E-state index in [4.69, 9.17) is 28.7 Å². The summed E-state index contributed by atoms with van der Waals surface area (Å²) in [5.74, 6) is -3.53. The third-order valence-corrected chi connectivity index (χ3v) is 6.57. The van der Waals surface area contributed by atoms with Crippen LogP contribution in [0.15, 0.2) is 40.3 Å². The predicted molar refractivity (Wildman–Crippen MR) is 161 cm³/mol. The van der Waals surface area contributed by atoms with Gasteiger partial charge in [-0.2, -0.15) is 0 Å². The van der Waals surface area contributed by atoms with Crippen molar-refractivity contribution in [3.63, 3.8) is 0 Å². The molecule has 0 aliphatic rings. The standard InChI is InChI=1S/C27H46N10O5/c1-3-16(2)21(37-22(38)18(28)11-7-13-33-26(29)30)24(40)36-20(15-17-9-5-4-6-10-17)23(39)35-19(25(41)42)12-8-14-34-27(31)32/h4-6,9-10,16,18-21H,3,7-8,11-15,28H2,1-2H3,(H,35,39)(H,36,40)(H,37,38)(H,41,42)(H4,29,30,33)(H4,31,32,34). The van der Waals surface area contributed by atoms with Gasteiger partial charge in [0.1, 0.15) is 18.1 Å². The first-order valence-corrected chi connectivity index (χ1v) is 13.9. The van der Waals surface area contributed by atoms with E-state index in [0.717, 1.165) is 5.56 Å². The number of rotatable bonds is 19. The van der Waals surface area contributed by atoms with Crippen LogP contribution in [0.3, 0.4) is 0 Å². The SMILES string of the molecule is CCC(C)C(NC(=O)C(N)CCCN=C(N)N)C(=O)NC(Cc1ccccc1)C(=O)NC(CCCN=C(N)N)C(=O)O. The average Bonchev–Trinajstić information content (AvgIpc) is 2.94. The number of hydrogen-bond acceptors (Lipinski definition) is 7. The van der Waals surface area contributed by atoms with Crippen LogP contribution in [-0.2, 0) is 25.6 Å². The first-order valence-electron chi connectivity index (χ1n) is 13.9. The Hall–Kier alpha value is -4.40. The van der Waals surface area contributed by atoms with Crippen LogP contribution >= 0.6 is 0 Å². The van der Waals surface area contributed by atoms with Crippen molar-refractivity contribution in [3.8, 4) is 0 Å². The van der Waals surface area contributed by atoms with Gasteiger partial charge in [0.05, 0.1) is 6.04 Å². The van der Waals surface area contributed by atoms with Crippen molar-refractivity contribution >= 4 is 35.6 Å². The van der Waals surface area contributed by atoms with Crippen molar-refractivity contribution in [2.24, 2.45) is 44.6 Å². The van der Waals surface area contributed by atoms with Gasteiger partial charge in [-0.3, -0.25) is 24.4 Å². The van der Waals surface area contributed by atoms with Crippen LogP contribution in [0.5, 0.6) is 0 Å². The summed E-state index contributed by atoms with van der Waals surface area (Å²) in [6.45, 7) is 4.15. The maximum absolute atomic E-state index is 13.5. The lowest BCUT2D eigenvalue weighted by atomic mass is 9.96. The van der Waals surface area contributed by atoms with E-state index < -0.39 is 47.9 Å². The Morgan fingerprint density at radius 2 is 1.36 bits per heavy atom. The smallest absolute Gasteiger partial charge is 0.326 e. The number of carboxylic acids is 1. The molecule has 0 radical (unpaired) electrons. The molecule has 234 valence electrons. The van der Waals surface area contributed by atoms with Crippen LogP contribution in [0.25, 0.3) is 0 Å². The maximum Gasteiger partial charge on any atom is 0.326 e. The fraction of sp³-hybridized carbons (Fsp3) is 0.556. The normalized spacial score (nSPS) is 14.3. The van der Waals surface area contributed by atoms with Gasteiger partial charge in [-0.25, -0.2) is 4.79 Å². The monoisotopic (exact) mass is 590 g/mol. The Kier molecular flexibility index (Phi) is 16.0. The highest BCUT2D eigenvalue weighted by atomic mass is 16.4. The zero-order valence-electron chi connectivity index (χ0n) is 24.3. The molecule has 42 heavy (non-hydrogen) atoms. The Morgan fingerprint density at radius 1 is 0.810 bits per heavy atom. The molecule has 0 aromatic heterocycles. The summed E-state index contributed by atoms with van der Waals surface area (Å²) < 4.78 is 0. The van der Waals surface area contributed by atoms with Crippen molar-refractivity contribution in [1.29, 1.82) is 0 Å². The summed E-state index contributed by atoms with van der Waals surface area (Å²) in [7, 11) is 0. The van der Waals surface area contributed by atoms with Crippen LogP contribution in [0.4, 0.5) is 0 Å². The van der Waals surface area contributed by atoms with Crippen LogP contribution in [-0.4, -0.2) is 78.0 Å². The van der Waals surface area contributed by atoms with E-state index >= 15 is 0 Å². The summed E-state index contributed by atoms with van der Waals surface area (Å²) in [5, 5.41) is 17.6. The lowest BCUT2D eigenvalue weighted by Crippen LogP contribution is -2.59. The van der Waals surface area contributed by atoms with E-state index in [0.29, 0.717) is 25.8 Å². The number of guanidine groups is 2. The molecule has 5 unspecified atom stereocenters. The maximum atomic E-state index is 13.5. The first-order chi connectivity index (χ1) is 19.8. The van der Waals surface area contributed by atoms with Gasteiger partial charge in [-0.15, -0.1) is 0 Å². The number of carbonyl (C=O) groups excluding carboxylic acids is 3. The lowest BCUT2D eigenvalue weighted by Gasteiger charge is -2.28. The number of aliphatic imine (C=N–C) groups is 2. The molecule has 0 saturated carbocycles. The fourth-order valence-corrected chi connectivity index (χ4v) is 3.97. The lowest BCUT2D eigenvalue weighted by molar-refractivity contribution is -0.142. The van der Waals surface area contributed by atoms with E-state index in [9.17, 15) is 24.3 Å². The minimum Gasteiger partial charge on any atom is -0.480 e. The second kappa shape index (κ2) is 18.9. The minimum absolute atomic E-state index is 0.0590. The van der Waals surface area contributed by atoms with Gasteiger partial charge in [0.15, 0.2) is 11.9 Å².